The number of nitrogens with zero attached hydrogens (tertiary/aromatic N) is 1. The summed E-state index contributed by atoms with van der Waals surface area (Å²) in [5.74, 6) is 0. The minimum atomic E-state index is -0.470. The van der Waals surface area contributed by atoms with E-state index in [2.05, 4.69) is 0 Å². The topological polar surface area (TPSA) is 51.9 Å². The number of furan rings is 1. The average Bonchev–Trinajstić information content (AvgIpc) is 2.88. The number of piperidine rings is 1. The van der Waals surface area contributed by atoms with Gasteiger partial charge in [-0.3, -0.25) is 0 Å². The zero-order valence-electron chi connectivity index (χ0n) is 13.3. The second kappa shape index (κ2) is 6.10. The normalized spacial score (nSPS) is 23.1. The first-order valence-corrected chi connectivity index (χ1v) is 7.40. The van der Waals surface area contributed by atoms with Gasteiger partial charge in [0.15, 0.2) is 0 Å². The van der Waals surface area contributed by atoms with E-state index in [-0.39, 0.29) is 11.7 Å². The lowest BCUT2D eigenvalue weighted by Gasteiger charge is -2.40. The molecule has 0 saturated carbocycles. The minimum absolute atomic E-state index is 0.264. The zero-order chi connectivity index (χ0) is 15.5. The zero-order valence-corrected chi connectivity index (χ0v) is 13.3. The van der Waals surface area contributed by atoms with Crippen LogP contribution in [-0.4, -0.2) is 35.3 Å². The van der Waals surface area contributed by atoms with Crippen molar-refractivity contribution in [1.29, 1.82) is 0 Å². The van der Waals surface area contributed by atoms with Crippen LogP contribution < -0.4 is 0 Å². The lowest BCUT2D eigenvalue weighted by atomic mass is 9.95. The van der Waals surface area contributed by atoms with Crippen LogP contribution in [0.5, 0.6) is 0 Å². The van der Waals surface area contributed by atoms with E-state index in [1.807, 2.05) is 33.8 Å². The second-order valence-corrected chi connectivity index (χ2v) is 6.88. The summed E-state index contributed by atoms with van der Waals surface area (Å²) in [7, 11) is 0. The van der Waals surface area contributed by atoms with Gasteiger partial charge in [0, 0.05) is 12.1 Å². The van der Waals surface area contributed by atoms with Crippen molar-refractivity contribution >= 4 is 6.09 Å². The van der Waals surface area contributed by atoms with Crippen LogP contribution in [0.4, 0.5) is 4.79 Å². The Morgan fingerprint density at radius 1 is 1.48 bits per heavy atom. The SMILES string of the molecule is CC(C)(C)OC(=O)N1CCCC(C)(OCc2ccoc2)C1. The summed E-state index contributed by atoms with van der Waals surface area (Å²) in [6, 6.07) is 1.89. The van der Waals surface area contributed by atoms with Gasteiger partial charge in [-0.2, -0.15) is 0 Å². The predicted molar refractivity (Wildman–Crippen MR) is 78.9 cm³/mol. The number of carbonyl (C=O) groups is 1. The van der Waals surface area contributed by atoms with Crippen LogP contribution in [0.25, 0.3) is 0 Å². The molecule has 1 fully saturated rings. The maximum absolute atomic E-state index is 12.2. The number of carbonyl (C=O) groups excluding carboxylic acids is 1. The molecule has 0 bridgehead atoms. The average molecular weight is 295 g/mol. The Morgan fingerprint density at radius 3 is 2.86 bits per heavy atom. The summed E-state index contributed by atoms with van der Waals surface area (Å²) in [4.78, 5) is 13.9. The van der Waals surface area contributed by atoms with Crippen LogP contribution in [0.15, 0.2) is 23.0 Å². The maximum Gasteiger partial charge on any atom is 0.410 e. The summed E-state index contributed by atoms with van der Waals surface area (Å²) in [6.07, 6.45) is 4.90. The van der Waals surface area contributed by atoms with Gasteiger partial charge in [-0.15, -0.1) is 0 Å². The number of hydrogen-bond donors (Lipinski definition) is 0. The van der Waals surface area contributed by atoms with Crippen molar-refractivity contribution < 1.29 is 18.7 Å². The van der Waals surface area contributed by atoms with E-state index in [9.17, 15) is 4.79 Å². The summed E-state index contributed by atoms with van der Waals surface area (Å²) in [6.45, 7) is 9.45. The Hall–Kier alpha value is -1.49. The molecule has 0 radical (unpaired) electrons. The van der Waals surface area contributed by atoms with E-state index in [0.717, 1.165) is 24.9 Å². The molecular formula is C16H25NO4. The molecule has 2 rings (SSSR count). The third kappa shape index (κ3) is 4.77. The van der Waals surface area contributed by atoms with E-state index in [1.165, 1.54) is 0 Å². The molecule has 1 amide bonds. The van der Waals surface area contributed by atoms with Crippen LogP contribution in [0, 0.1) is 0 Å². The molecule has 1 aliphatic heterocycles. The molecule has 1 aromatic heterocycles. The third-order valence-corrected chi connectivity index (χ3v) is 3.48. The Balaban J connectivity index is 1.91. The fraction of sp³-hybridized carbons (Fsp3) is 0.688. The maximum atomic E-state index is 12.2. The van der Waals surface area contributed by atoms with E-state index >= 15 is 0 Å². The van der Waals surface area contributed by atoms with Crippen molar-refractivity contribution in [1.82, 2.24) is 4.90 Å². The lowest BCUT2D eigenvalue weighted by molar-refractivity contribution is -0.0880. The highest BCUT2D eigenvalue weighted by Gasteiger charge is 2.35. The molecule has 1 atom stereocenters. The number of likely N-dealkylation sites (tertiary alicyclic amines) is 1. The molecule has 2 heterocycles. The van der Waals surface area contributed by atoms with Gasteiger partial charge in [-0.05, 0) is 46.6 Å². The third-order valence-electron chi connectivity index (χ3n) is 3.48. The van der Waals surface area contributed by atoms with Crippen molar-refractivity contribution in [3.05, 3.63) is 24.2 Å². The molecule has 1 unspecified atom stereocenters. The highest BCUT2D eigenvalue weighted by Crippen LogP contribution is 2.27. The van der Waals surface area contributed by atoms with E-state index in [4.69, 9.17) is 13.9 Å². The monoisotopic (exact) mass is 295 g/mol. The summed E-state index contributed by atoms with van der Waals surface area (Å²) in [5, 5.41) is 0. The molecule has 1 aromatic rings. The fourth-order valence-electron chi connectivity index (χ4n) is 2.44. The summed E-state index contributed by atoms with van der Waals surface area (Å²) < 4.78 is 16.5. The van der Waals surface area contributed by atoms with Gasteiger partial charge in [0.1, 0.15) is 5.60 Å². The number of ether oxygens (including phenoxy) is 2. The standard InChI is InChI=1S/C16H25NO4/c1-15(2,3)21-14(18)17-8-5-7-16(4,12-17)20-11-13-6-9-19-10-13/h6,9-10H,5,7-8,11-12H2,1-4H3. The molecule has 5 heteroatoms. The Bertz CT molecular complexity index is 463. The molecule has 0 aliphatic carbocycles. The van der Waals surface area contributed by atoms with Gasteiger partial charge < -0.3 is 18.8 Å². The van der Waals surface area contributed by atoms with E-state index in [1.54, 1.807) is 17.4 Å². The van der Waals surface area contributed by atoms with Crippen LogP contribution in [0.1, 0.15) is 46.1 Å². The van der Waals surface area contributed by atoms with Crippen LogP contribution in [0.2, 0.25) is 0 Å². The van der Waals surface area contributed by atoms with E-state index < -0.39 is 5.60 Å². The van der Waals surface area contributed by atoms with Crippen LogP contribution in [0.3, 0.4) is 0 Å². The summed E-state index contributed by atoms with van der Waals surface area (Å²) in [5.41, 5.74) is 0.195. The van der Waals surface area contributed by atoms with Crippen LogP contribution >= 0.6 is 0 Å². The van der Waals surface area contributed by atoms with Crippen molar-refractivity contribution in [2.24, 2.45) is 0 Å². The lowest BCUT2D eigenvalue weighted by Crippen LogP contribution is -2.51. The highest BCUT2D eigenvalue weighted by molar-refractivity contribution is 5.68. The van der Waals surface area contributed by atoms with Gasteiger partial charge in [0.05, 0.1) is 31.3 Å². The van der Waals surface area contributed by atoms with Crippen molar-refractivity contribution in [2.45, 2.75) is 58.3 Å². The largest absolute Gasteiger partial charge is 0.472 e. The van der Waals surface area contributed by atoms with Gasteiger partial charge in [-0.25, -0.2) is 4.79 Å². The first-order chi connectivity index (χ1) is 9.77. The molecule has 21 heavy (non-hydrogen) atoms. The Kier molecular flexibility index (Phi) is 4.61. The van der Waals surface area contributed by atoms with Crippen molar-refractivity contribution in [3.63, 3.8) is 0 Å². The smallest absolute Gasteiger partial charge is 0.410 e. The number of rotatable bonds is 3. The second-order valence-electron chi connectivity index (χ2n) is 6.88. The molecule has 0 spiro atoms. The molecular weight excluding hydrogens is 270 g/mol. The molecule has 0 aromatic carbocycles. The first-order valence-electron chi connectivity index (χ1n) is 7.40. The number of amides is 1. The number of hydrogen-bond acceptors (Lipinski definition) is 4. The van der Waals surface area contributed by atoms with Gasteiger partial charge in [0.2, 0.25) is 0 Å². The van der Waals surface area contributed by atoms with Crippen molar-refractivity contribution in [3.8, 4) is 0 Å². The van der Waals surface area contributed by atoms with Crippen LogP contribution in [-0.2, 0) is 16.1 Å². The van der Waals surface area contributed by atoms with Gasteiger partial charge >= 0.3 is 6.09 Å². The first kappa shape index (κ1) is 15.9. The van der Waals surface area contributed by atoms with Gasteiger partial charge in [-0.1, -0.05) is 0 Å². The van der Waals surface area contributed by atoms with Gasteiger partial charge in [0.25, 0.3) is 0 Å². The molecule has 1 aliphatic rings. The Morgan fingerprint density at radius 2 is 2.24 bits per heavy atom. The molecule has 5 nitrogen and oxygen atoms in total. The molecule has 0 N–H and O–H groups in total. The molecule has 118 valence electrons. The van der Waals surface area contributed by atoms with E-state index in [0.29, 0.717) is 13.2 Å². The minimum Gasteiger partial charge on any atom is -0.472 e. The fourth-order valence-corrected chi connectivity index (χ4v) is 2.44. The Labute approximate surface area is 126 Å². The quantitative estimate of drug-likeness (QED) is 0.855. The molecule has 1 saturated heterocycles. The summed E-state index contributed by atoms with van der Waals surface area (Å²) >= 11 is 0. The van der Waals surface area contributed by atoms with Crippen molar-refractivity contribution in [2.75, 3.05) is 13.1 Å². The highest BCUT2D eigenvalue weighted by atomic mass is 16.6. The predicted octanol–water partition coefficient (Wildman–Crippen LogP) is 3.59.